The molecule has 0 saturated heterocycles. The van der Waals surface area contributed by atoms with Gasteiger partial charge in [-0.2, -0.15) is 0 Å². The molecule has 0 aliphatic heterocycles. The first-order chi connectivity index (χ1) is 19.1. The first-order valence-corrected chi connectivity index (χ1v) is 13.9. The number of carbonyl (C=O) groups excluding carboxylic acids is 2. The fourth-order valence-corrected chi connectivity index (χ4v) is 4.10. The molecule has 3 aromatic rings. The van der Waals surface area contributed by atoms with Crippen molar-refractivity contribution in [3.05, 3.63) is 90.0 Å². The van der Waals surface area contributed by atoms with Gasteiger partial charge in [0, 0.05) is 42.3 Å². The van der Waals surface area contributed by atoms with Crippen molar-refractivity contribution < 1.29 is 14.3 Å². The predicted molar refractivity (Wildman–Crippen MR) is 158 cm³/mol. The van der Waals surface area contributed by atoms with Gasteiger partial charge in [-0.25, -0.2) is 0 Å². The van der Waals surface area contributed by atoms with Gasteiger partial charge in [0.2, 0.25) is 11.8 Å². The number of rotatable bonds is 14. The maximum atomic E-state index is 13.6. The first-order valence-electron chi connectivity index (χ1n) is 13.9. The van der Waals surface area contributed by atoms with Crippen molar-refractivity contribution in [3.8, 4) is 5.75 Å². The highest BCUT2D eigenvalue weighted by Crippen LogP contribution is 2.16. The van der Waals surface area contributed by atoms with Gasteiger partial charge in [0.15, 0.2) is 0 Å². The number of nitrogens with zero attached hydrogens (tertiary/aromatic N) is 2. The number of ether oxygens (including phenoxy) is 1. The average molecular weight is 546 g/mol. The molecule has 0 bridgehead atoms. The van der Waals surface area contributed by atoms with Crippen LogP contribution in [0.1, 0.15) is 57.7 Å². The van der Waals surface area contributed by atoms with Gasteiger partial charge in [0.25, 0.3) is 0 Å². The van der Waals surface area contributed by atoms with Crippen LogP contribution >= 0.6 is 0 Å². The smallest absolute Gasteiger partial charge is 0.243 e. The molecule has 3 rings (SSSR count). The Hall–Kier alpha value is -3.78. The van der Waals surface area contributed by atoms with E-state index in [0.717, 1.165) is 28.9 Å². The molecule has 0 spiro atoms. The van der Waals surface area contributed by atoms with E-state index in [1.165, 1.54) is 0 Å². The van der Waals surface area contributed by atoms with Gasteiger partial charge in [0.05, 0.1) is 6.04 Å². The van der Waals surface area contributed by atoms with Crippen molar-refractivity contribution in [2.24, 2.45) is 5.92 Å². The van der Waals surface area contributed by atoms with E-state index >= 15 is 0 Å². The van der Waals surface area contributed by atoms with Gasteiger partial charge in [0.1, 0.15) is 18.4 Å². The second-order valence-electron chi connectivity index (χ2n) is 11.6. The lowest BCUT2D eigenvalue weighted by Crippen LogP contribution is -2.56. The minimum atomic E-state index is -0.739. The molecule has 2 amide bonds. The highest BCUT2D eigenvalue weighted by molar-refractivity contribution is 5.90. The van der Waals surface area contributed by atoms with E-state index in [-0.39, 0.29) is 11.8 Å². The summed E-state index contributed by atoms with van der Waals surface area (Å²) >= 11 is 0. The molecular weight excluding hydrogens is 502 g/mol. The quantitative estimate of drug-likeness (QED) is 0.280. The van der Waals surface area contributed by atoms with Crippen LogP contribution in [0.15, 0.2) is 73.3 Å². The van der Waals surface area contributed by atoms with Crippen molar-refractivity contribution >= 4 is 11.8 Å². The molecular formula is C32H43N5O3. The molecule has 40 heavy (non-hydrogen) atoms. The van der Waals surface area contributed by atoms with Crippen LogP contribution in [0.3, 0.4) is 0 Å². The molecule has 0 radical (unpaired) electrons. The van der Waals surface area contributed by atoms with Crippen molar-refractivity contribution in [1.29, 1.82) is 0 Å². The van der Waals surface area contributed by atoms with E-state index in [9.17, 15) is 9.59 Å². The van der Waals surface area contributed by atoms with Crippen LogP contribution in [0.4, 0.5) is 0 Å². The number of carbonyl (C=O) groups is 2. The van der Waals surface area contributed by atoms with Crippen LogP contribution in [0.5, 0.6) is 5.75 Å². The number of hydrogen-bond acceptors (Lipinski definition) is 6. The van der Waals surface area contributed by atoms with E-state index in [1.54, 1.807) is 24.8 Å². The van der Waals surface area contributed by atoms with E-state index in [0.29, 0.717) is 31.9 Å². The molecule has 0 saturated carbocycles. The first kappa shape index (κ1) is 30.8. The molecule has 3 N–H and O–H groups in total. The molecule has 2 heterocycles. The molecule has 214 valence electrons. The Labute approximate surface area is 238 Å². The van der Waals surface area contributed by atoms with Crippen molar-refractivity contribution in [2.45, 2.75) is 78.1 Å². The maximum absolute atomic E-state index is 13.6. The third-order valence-corrected chi connectivity index (χ3v) is 6.21. The van der Waals surface area contributed by atoms with Gasteiger partial charge in [-0.05, 0) is 81.5 Å². The van der Waals surface area contributed by atoms with E-state index < -0.39 is 17.6 Å². The molecule has 2 aromatic heterocycles. The third-order valence-electron chi connectivity index (χ3n) is 6.21. The van der Waals surface area contributed by atoms with Crippen LogP contribution < -0.4 is 20.7 Å². The minimum absolute atomic E-state index is 0.210. The summed E-state index contributed by atoms with van der Waals surface area (Å²) < 4.78 is 5.87. The topological polar surface area (TPSA) is 105 Å². The zero-order valence-corrected chi connectivity index (χ0v) is 24.3. The summed E-state index contributed by atoms with van der Waals surface area (Å²) in [6, 6.07) is 14.0. The lowest BCUT2D eigenvalue weighted by atomic mass is 10.0. The summed E-state index contributed by atoms with van der Waals surface area (Å²) in [5.41, 5.74) is 2.42. The van der Waals surface area contributed by atoms with Gasteiger partial charge >= 0.3 is 0 Å². The molecule has 0 fully saturated rings. The predicted octanol–water partition coefficient (Wildman–Crippen LogP) is 4.24. The molecule has 1 aromatic carbocycles. The monoisotopic (exact) mass is 545 g/mol. The van der Waals surface area contributed by atoms with Crippen LogP contribution in [0.25, 0.3) is 0 Å². The Kier molecular flexibility index (Phi) is 11.6. The van der Waals surface area contributed by atoms with E-state index in [4.69, 9.17) is 4.74 Å². The standard InChI is InChI=1S/C32H43N5O3/c1-23(2)14-17-35-28(19-25-8-6-15-33-20-25)30(38)36-29(31(39)37-32(3,4)5)18-24-10-12-27(13-11-24)40-22-26-9-7-16-34-21-26/h6-13,15-16,20-21,23,28-29,35H,14,17-19,22H2,1-5H3,(H,36,38)(H,37,39). The van der Waals surface area contributed by atoms with E-state index in [2.05, 4.69) is 39.8 Å². The zero-order valence-electron chi connectivity index (χ0n) is 24.3. The van der Waals surface area contributed by atoms with Crippen LogP contribution in [-0.4, -0.2) is 45.9 Å². The number of pyridine rings is 2. The second-order valence-corrected chi connectivity index (χ2v) is 11.6. The summed E-state index contributed by atoms with van der Waals surface area (Å²) in [5, 5.41) is 9.46. The number of hydrogen-bond donors (Lipinski definition) is 3. The number of aromatic nitrogens is 2. The van der Waals surface area contributed by atoms with Gasteiger partial charge in [-0.3, -0.25) is 19.6 Å². The number of benzene rings is 1. The van der Waals surface area contributed by atoms with Gasteiger partial charge in [-0.1, -0.05) is 38.1 Å². The highest BCUT2D eigenvalue weighted by Gasteiger charge is 2.28. The Balaban J connectivity index is 1.71. The van der Waals surface area contributed by atoms with Crippen LogP contribution in [-0.2, 0) is 29.0 Å². The van der Waals surface area contributed by atoms with Gasteiger partial charge < -0.3 is 20.7 Å². The van der Waals surface area contributed by atoms with Gasteiger partial charge in [-0.15, -0.1) is 0 Å². The summed E-state index contributed by atoms with van der Waals surface area (Å²) in [7, 11) is 0. The lowest BCUT2D eigenvalue weighted by molar-refractivity contribution is -0.130. The minimum Gasteiger partial charge on any atom is -0.489 e. The molecule has 2 atom stereocenters. The fourth-order valence-electron chi connectivity index (χ4n) is 4.10. The molecule has 8 nitrogen and oxygen atoms in total. The molecule has 8 heteroatoms. The summed E-state index contributed by atoms with van der Waals surface area (Å²) in [4.78, 5) is 35.2. The summed E-state index contributed by atoms with van der Waals surface area (Å²) in [6.07, 6.45) is 8.76. The van der Waals surface area contributed by atoms with Crippen molar-refractivity contribution in [1.82, 2.24) is 25.9 Å². The van der Waals surface area contributed by atoms with Crippen LogP contribution in [0, 0.1) is 5.92 Å². The van der Waals surface area contributed by atoms with Crippen molar-refractivity contribution in [3.63, 3.8) is 0 Å². The lowest BCUT2D eigenvalue weighted by Gasteiger charge is -2.27. The van der Waals surface area contributed by atoms with Crippen LogP contribution in [0.2, 0.25) is 0 Å². The highest BCUT2D eigenvalue weighted by atomic mass is 16.5. The Morgan fingerprint density at radius 3 is 2.02 bits per heavy atom. The summed E-state index contributed by atoms with van der Waals surface area (Å²) in [6.45, 7) is 11.2. The summed E-state index contributed by atoms with van der Waals surface area (Å²) in [5.74, 6) is 0.799. The third kappa shape index (κ3) is 11.1. The normalized spacial score (nSPS) is 12.9. The Bertz CT molecular complexity index is 1180. The number of nitrogens with one attached hydrogen (secondary N) is 3. The van der Waals surface area contributed by atoms with Crippen molar-refractivity contribution in [2.75, 3.05) is 6.54 Å². The molecule has 0 aliphatic rings. The zero-order chi connectivity index (χ0) is 29.0. The Morgan fingerprint density at radius 1 is 0.825 bits per heavy atom. The fraction of sp³-hybridized carbons (Fsp3) is 0.438. The average Bonchev–Trinajstić information content (AvgIpc) is 2.91. The molecule has 2 unspecified atom stereocenters. The molecule has 0 aliphatic carbocycles. The Morgan fingerprint density at radius 2 is 1.45 bits per heavy atom. The second kappa shape index (κ2) is 15.1. The van der Waals surface area contributed by atoms with E-state index in [1.807, 2.05) is 69.3 Å². The number of amides is 2. The largest absolute Gasteiger partial charge is 0.489 e. The maximum Gasteiger partial charge on any atom is 0.243 e. The SMILES string of the molecule is CC(C)CCNC(Cc1cccnc1)C(=O)NC(Cc1ccc(OCc2cccnc2)cc1)C(=O)NC(C)(C)C.